The maximum absolute atomic E-state index is 12.2. The summed E-state index contributed by atoms with van der Waals surface area (Å²) in [5.74, 6) is -0.419. The number of amides is 1. The molecule has 0 aliphatic heterocycles. The van der Waals surface area contributed by atoms with Crippen LogP contribution in [0.1, 0.15) is 10.5 Å². The van der Waals surface area contributed by atoms with Crippen LogP contribution in [0.2, 0.25) is 0 Å². The number of hydrogen-bond donors (Lipinski definition) is 1. The summed E-state index contributed by atoms with van der Waals surface area (Å²) in [6.45, 7) is 0. The van der Waals surface area contributed by atoms with E-state index < -0.39 is 5.91 Å². The van der Waals surface area contributed by atoms with Crippen molar-refractivity contribution in [2.45, 2.75) is 0 Å². The Morgan fingerprint density at radius 1 is 0.900 bits per heavy atom. The first-order valence-corrected chi connectivity index (χ1v) is 6.23. The van der Waals surface area contributed by atoms with Crippen LogP contribution in [-0.4, -0.2) is 5.91 Å². The van der Waals surface area contributed by atoms with Crippen molar-refractivity contribution in [1.82, 2.24) is 0 Å². The molecule has 1 amide bonds. The summed E-state index contributed by atoms with van der Waals surface area (Å²) < 4.78 is 0.660. The third-order valence-corrected chi connectivity index (χ3v) is 3.06. The predicted octanol–water partition coefficient (Wildman–Crippen LogP) is 2.73. The van der Waals surface area contributed by atoms with Crippen molar-refractivity contribution in [2.24, 2.45) is 0 Å². The molecule has 98 valence electrons. The van der Waals surface area contributed by atoms with Gasteiger partial charge in [-0.1, -0.05) is 30.3 Å². The summed E-state index contributed by atoms with van der Waals surface area (Å²) in [5.41, 5.74) is 1.21. The molecule has 1 N–H and O–H groups in total. The third kappa shape index (κ3) is 2.19. The highest BCUT2D eigenvalue weighted by molar-refractivity contribution is 6.02. The summed E-state index contributed by atoms with van der Waals surface area (Å²) in [5, 5.41) is 15.7. The van der Waals surface area contributed by atoms with E-state index in [-0.39, 0.29) is 5.69 Å². The molecule has 4 heteroatoms. The lowest BCUT2D eigenvalue weighted by Gasteiger charge is -2.08. The molecule has 0 saturated heterocycles. The number of carbonyl (C=O) groups is 1. The van der Waals surface area contributed by atoms with Crippen LogP contribution in [0, 0.1) is 5.21 Å². The Kier molecular flexibility index (Phi) is 3.05. The van der Waals surface area contributed by atoms with Gasteiger partial charge in [-0.2, -0.15) is 4.73 Å². The second-order valence-electron chi connectivity index (χ2n) is 4.39. The number of hydrogen-bond acceptors (Lipinski definition) is 2. The molecule has 2 aromatic carbocycles. The normalized spacial score (nSPS) is 10.4. The lowest BCUT2D eigenvalue weighted by molar-refractivity contribution is -0.579. The van der Waals surface area contributed by atoms with E-state index in [0.29, 0.717) is 15.9 Å². The summed E-state index contributed by atoms with van der Waals surface area (Å²) in [7, 11) is 0. The maximum Gasteiger partial charge on any atom is 0.321 e. The van der Waals surface area contributed by atoms with Crippen LogP contribution >= 0.6 is 0 Å². The van der Waals surface area contributed by atoms with Crippen molar-refractivity contribution in [1.29, 1.82) is 0 Å². The molecular weight excluding hydrogens is 252 g/mol. The highest BCUT2D eigenvalue weighted by atomic mass is 16.5. The second-order valence-corrected chi connectivity index (χ2v) is 4.39. The summed E-state index contributed by atoms with van der Waals surface area (Å²) >= 11 is 0. The molecule has 0 fully saturated rings. The molecule has 1 heterocycles. The van der Waals surface area contributed by atoms with Gasteiger partial charge in [0.15, 0.2) is 0 Å². The van der Waals surface area contributed by atoms with Crippen LogP contribution in [0.4, 0.5) is 5.69 Å². The van der Waals surface area contributed by atoms with Gasteiger partial charge < -0.3 is 10.5 Å². The molecule has 0 spiro atoms. The van der Waals surface area contributed by atoms with Crippen molar-refractivity contribution < 1.29 is 9.52 Å². The number of fused-ring (bicyclic) bond motifs is 1. The van der Waals surface area contributed by atoms with Crippen molar-refractivity contribution in [2.75, 3.05) is 5.32 Å². The lowest BCUT2D eigenvalue weighted by Crippen LogP contribution is -2.37. The van der Waals surface area contributed by atoms with Crippen molar-refractivity contribution in [3.05, 3.63) is 77.6 Å². The number of rotatable bonds is 2. The molecule has 3 aromatic rings. The number of anilines is 1. The number of nitrogens with one attached hydrogen (secondary N) is 1. The first kappa shape index (κ1) is 12.2. The summed E-state index contributed by atoms with van der Waals surface area (Å²) in [4.78, 5) is 12.1. The molecule has 0 unspecified atom stereocenters. The van der Waals surface area contributed by atoms with E-state index in [4.69, 9.17) is 0 Å². The van der Waals surface area contributed by atoms with Crippen LogP contribution in [0.3, 0.4) is 0 Å². The van der Waals surface area contributed by atoms with Gasteiger partial charge in [0.25, 0.3) is 5.69 Å². The van der Waals surface area contributed by atoms with E-state index in [1.54, 1.807) is 30.3 Å². The number of pyridine rings is 1. The number of para-hydroxylation sites is 2. The fraction of sp³-hybridized carbons (Fsp3) is 0. The van der Waals surface area contributed by atoms with Crippen molar-refractivity contribution in [3.63, 3.8) is 0 Å². The fourth-order valence-corrected chi connectivity index (χ4v) is 2.06. The highest BCUT2D eigenvalue weighted by Gasteiger charge is 2.18. The van der Waals surface area contributed by atoms with Crippen molar-refractivity contribution in [3.8, 4) is 0 Å². The average molecular weight is 264 g/mol. The number of nitrogens with zero attached hydrogens (tertiary/aromatic N) is 1. The Balaban J connectivity index is 1.98. The van der Waals surface area contributed by atoms with Crippen LogP contribution in [0.15, 0.2) is 66.7 Å². The number of benzene rings is 2. The Morgan fingerprint density at radius 3 is 2.40 bits per heavy atom. The first-order valence-electron chi connectivity index (χ1n) is 6.23. The van der Waals surface area contributed by atoms with Crippen LogP contribution < -0.4 is 10.0 Å². The van der Waals surface area contributed by atoms with Gasteiger partial charge in [0, 0.05) is 23.2 Å². The van der Waals surface area contributed by atoms with E-state index in [1.165, 1.54) is 6.07 Å². The molecule has 0 radical (unpaired) electrons. The molecule has 0 atom stereocenters. The van der Waals surface area contributed by atoms with Gasteiger partial charge >= 0.3 is 5.91 Å². The molecule has 0 bridgehead atoms. The lowest BCUT2D eigenvalue weighted by atomic mass is 10.2. The van der Waals surface area contributed by atoms with Gasteiger partial charge in [-0.15, -0.1) is 0 Å². The molecule has 4 nitrogen and oxygen atoms in total. The first-order chi connectivity index (χ1) is 9.75. The van der Waals surface area contributed by atoms with Gasteiger partial charge in [0.1, 0.15) is 0 Å². The maximum atomic E-state index is 12.2. The van der Waals surface area contributed by atoms with E-state index in [0.717, 1.165) is 5.39 Å². The molecular formula is C16H12N2O2. The topological polar surface area (TPSA) is 56.0 Å². The summed E-state index contributed by atoms with van der Waals surface area (Å²) in [6.07, 6.45) is 0. The molecule has 1 aromatic heterocycles. The Labute approximate surface area is 115 Å². The quantitative estimate of drug-likeness (QED) is 0.571. The van der Waals surface area contributed by atoms with E-state index in [9.17, 15) is 10.0 Å². The largest absolute Gasteiger partial charge is 0.618 e. The number of aromatic nitrogens is 1. The zero-order chi connectivity index (χ0) is 13.9. The minimum Gasteiger partial charge on any atom is -0.618 e. The van der Waals surface area contributed by atoms with Gasteiger partial charge in [0.05, 0.1) is 0 Å². The summed E-state index contributed by atoms with van der Waals surface area (Å²) in [6, 6.07) is 19.5. The van der Waals surface area contributed by atoms with Crippen LogP contribution in [0.5, 0.6) is 0 Å². The van der Waals surface area contributed by atoms with Crippen molar-refractivity contribution >= 4 is 22.5 Å². The standard InChI is InChI=1S/C16H12N2O2/c19-16(17-13-7-2-1-3-8-13)15-11-10-12-6-4-5-9-14(12)18(15)20/h1-11H,(H,17,19). The van der Waals surface area contributed by atoms with Gasteiger partial charge in [-0.05, 0) is 24.3 Å². The fourth-order valence-electron chi connectivity index (χ4n) is 2.06. The Hall–Kier alpha value is -2.88. The van der Waals surface area contributed by atoms with Crippen LogP contribution in [0.25, 0.3) is 10.9 Å². The Bertz CT molecular complexity index is 770. The second kappa shape index (κ2) is 5.01. The zero-order valence-electron chi connectivity index (χ0n) is 10.6. The monoisotopic (exact) mass is 264 g/mol. The average Bonchev–Trinajstić information content (AvgIpc) is 2.49. The van der Waals surface area contributed by atoms with E-state index in [1.807, 2.05) is 30.3 Å². The molecule has 3 rings (SSSR count). The molecule has 20 heavy (non-hydrogen) atoms. The zero-order valence-corrected chi connectivity index (χ0v) is 10.6. The molecule has 0 aliphatic rings. The predicted molar refractivity (Wildman–Crippen MR) is 77.3 cm³/mol. The molecule has 0 saturated carbocycles. The van der Waals surface area contributed by atoms with Gasteiger partial charge in [-0.3, -0.25) is 4.79 Å². The van der Waals surface area contributed by atoms with Gasteiger partial charge in [0.2, 0.25) is 5.52 Å². The Morgan fingerprint density at radius 2 is 1.60 bits per heavy atom. The van der Waals surface area contributed by atoms with Gasteiger partial charge in [-0.25, -0.2) is 0 Å². The van der Waals surface area contributed by atoms with E-state index >= 15 is 0 Å². The third-order valence-electron chi connectivity index (χ3n) is 3.06. The van der Waals surface area contributed by atoms with Crippen LogP contribution in [-0.2, 0) is 0 Å². The van der Waals surface area contributed by atoms with E-state index in [2.05, 4.69) is 5.32 Å². The smallest absolute Gasteiger partial charge is 0.321 e. The minimum absolute atomic E-state index is 0.0764. The SMILES string of the molecule is O=C(Nc1ccccc1)c1ccc2ccccc2[n+]1[O-]. The highest BCUT2D eigenvalue weighted by Crippen LogP contribution is 2.12. The minimum atomic E-state index is -0.419. The number of carbonyl (C=O) groups excluding carboxylic acids is 1. The molecule has 0 aliphatic carbocycles.